The first-order valence-corrected chi connectivity index (χ1v) is 12.5. The number of Topliss-reactive ketones (excluding diaryl/α,β-unsaturated/α-hetero) is 1. The molecule has 0 radical (unpaired) electrons. The van der Waals surface area contributed by atoms with Gasteiger partial charge in [-0.3, -0.25) is 4.79 Å². The van der Waals surface area contributed by atoms with Gasteiger partial charge in [0.2, 0.25) is 0 Å². The van der Waals surface area contributed by atoms with Crippen molar-refractivity contribution in [2.24, 2.45) is 0 Å². The van der Waals surface area contributed by atoms with Crippen molar-refractivity contribution in [3.8, 4) is 5.75 Å². The number of carbonyl (C=O) groups is 1. The topological polar surface area (TPSA) is 107 Å². The Bertz CT molecular complexity index is 1180. The van der Waals surface area contributed by atoms with E-state index < -0.39 is 36.7 Å². The lowest BCUT2D eigenvalue weighted by Crippen LogP contribution is -2.42. The standard InChI is InChI=1S/C16H15F3NO6S3/c1-10-13(21)8-9-27(10)15-7-6-14(11-4-2-3-5-12(11)15)26-29(24,25)20-28(22,23)16(17,18)19/h2-7,10,20H,8-9H2,1H3/q+1. The van der Waals surface area contributed by atoms with Gasteiger partial charge in [-0.1, -0.05) is 22.3 Å². The van der Waals surface area contributed by atoms with E-state index in [1.54, 1.807) is 24.3 Å². The van der Waals surface area contributed by atoms with Crippen molar-refractivity contribution in [1.82, 2.24) is 4.13 Å². The number of benzene rings is 2. The monoisotopic (exact) mass is 470 g/mol. The molecule has 7 nitrogen and oxygen atoms in total. The molecule has 0 aromatic heterocycles. The van der Waals surface area contributed by atoms with Crippen LogP contribution in [0.5, 0.6) is 5.75 Å². The molecule has 2 aromatic rings. The van der Waals surface area contributed by atoms with Gasteiger partial charge in [-0.2, -0.15) is 21.6 Å². The third-order valence-corrected chi connectivity index (χ3v) is 9.67. The van der Waals surface area contributed by atoms with Crippen LogP contribution in [0.4, 0.5) is 13.2 Å². The summed E-state index contributed by atoms with van der Waals surface area (Å²) in [6, 6.07) is 9.20. The van der Waals surface area contributed by atoms with Crippen molar-refractivity contribution >= 4 is 47.8 Å². The van der Waals surface area contributed by atoms with Crippen molar-refractivity contribution in [2.45, 2.75) is 29.0 Å². The second-order valence-corrected chi connectivity index (χ2v) is 11.8. The molecule has 1 heterocycles. The average Bonchev–Trinajstić information content (AvgIpc) is 2.92. The summed E-state index contributed by atoms with van der Waals surface area (Å²) < 4.78 is 88.5. The minimum Gasteiger partial charge on any atom is -0.370 e. The Balaban J connectivity index is 2.00. The second-order valence-electron chi connectivity index (χ2n) is 6.17. The number of ketones is 1. The number of halogens is 3. The third kappa shape index (κ3) is 4.37. The minimum atomic E-state index is -6.16. The Labute approximate surface area is 167 Å². The number of rotatable bonds is 5. The molecule has 158 valence electrons. The van der Waals surface area contributed by atoms with E-state index in [9.17, 15) is 34.8 Å². The first kappa shape index (κ1) is 21.9. The lowest BCUT2D eigenvalue weighted by atomic mass is 10.1. The highest BCUT2D eigenvalue weighted by Gasteiger charge is 2.49. The van der Waals surface area contributed by atoms with Gasteiger partial charge in [0, 0.05) is 21.7 Å². The molecule has 2 unspecified atom stereocenters. The highest BCUT2D eigenvalue weighted by molar-refractivity contribution is 8.03. The highest BCUT2D eigenvalue weighted by atomic mass is 32.3. The van der Waals surface area contributed by atoms with Crippen molar-refractivity contribution in [3.05, 3.63) is 36.4 Å². The van der Waals surface area contributed by atoms with E-state index in [4.69, 9.17) is 0 Å². The van der Waals surface area contributed by atoms with E-state index in [2.05, 4.69) is 4.18 Å². The van der Waals surface area contributed by atoms with Crippen LogP contribution >= 0.6 is 0 Å². The van der Waals surface area contributed by atoms with Crippen LogP contribution in [0.15, 0.2) is 41.3 Å². The molecular formula is C16H15F3NO6S3+. The van der Waals surface area contributed by atoms with E-state index in [1.165, 1.54) is 12.1 Å². The number of nitrogens with one attached hydrogen (secondary N) is 1. The summed E-state index contributed by atoms with van der Waals surface area (Å²) >= 11 is 0. The number of alkyl halides is 3. The first-order valence-electron chi connectivity index (χ1n) is 8.11. The summed E-state index contributed by atoms with van der Waals surface area (Å²) in [6.45, 7) is 1.81. The van der Waals surface area contributed by atoms with E-state index in [0.717, 1.165) is 4.90 Å². The molecule has 1 saturated heterocycles. The van der Waals surface area contributed by atoms with E-state index in [-0.39, 0.29) is 22.2 Å². The first-order chi connectivity index (χ1) is 13.3. The third-order valence-electron chi connectivity index (χ3n) is 4.29. The van der Waals surface area contributed by atoms with Gasteiger partial charge in [-0.05, 0) is 25.1 Å². The van der Waals surface area contributed by atoms with Crippen LogP contribution in [0.1, 0.15) is 13.3 Å². The number of carbonyl (C=O) groups excluding carboxylic acids is 1. The quantitative estimate of drug-likeness (QED) is 0.672. The number of sulfonamides is 1. The lowest BCUT2D eigenvalue weighted by molar-refractivity contribution is -0.117. The van der Waals surface area contributed by atoms with Crippen LogP contribution < -0.4 is 8.31 Å². The molecule has 1 aliphatic heterocycles. The van der Waals surface area contributed by atoms with E-state index in [1.807, 2.05) is 6.92 Å². The molecule has 1 N–H and O–H groups in total. The molecule has 1 fully saturated rings. The van der Waals surface area contributed by atoms with E-state index >= 15 is 0 Å². The van der Waals surface area contributed by atoms with Crippen LogP contribution in [0, 0.1) is 0 Å². The summed E-state index contributed by atoms with van der Waals surface area (Å²) in [5, 5.41) is 0.634. The Morgan fingerprint density at radius 3 is 2.24 bits per heavy atom. The maximum absolute atomic E-state index is 12.5. The second kappa shape index (κ2) is 7.45. The van der Waals surface area contributed by atoms with Crippen LogP contribution in [0.2, 0.25) is 0 Å². The molecule has 13 heteroatoms. The minimum absolute atomic E-state index is 0.127. The molecule has 0 amide bonds. The lowest BCUT2D eigenvalue weighted by Gasteiger charge is -2.14. The molecule has 0 aliphatic carbocycles. The average molecular weight is 470 g/mol. The summed E-state index contributed by atoms with van der Waals surface area (Å²) in [4.78, 5) is 12.7. The molecular weight excluding hydrogens is 455 g/mol. The maximum atomic E-state index is 12.5. The smallest absolute Gasteiger partial charge is 0.370 e. The normalized spacial score (nSPS) is 20.9. The van der Waals surface area contributed by atoms with Crippen LogP contribution in [-0.2, 0) is 36.0 Å². The van der Waals surface area contributed by atoms with Gasteiger partial charge in [-0.15, -0.1) is 0 Å². The largest absolute Gasteiger partial charge is 0.512 e. The van der Waals surface area contributed by atoms with Gasteiger partial charge >= 0.3 is 25.8 Å². The van der Waals surface area contributed by atoms with Crippen molar-refractivity contribution < 1.29 is 39.0 Å². The van der Waals surface area contributed by atoms with Crippen molar-refractivity contribution in [2.75, 3.05) is 5.75 Å². The number of hydrogen-bond donors (Lipinski definition) is 1. The van der Waals surface area contributed by atoms with Crippen LogP contribution in [0.3, 0.4) is 0 Å². The Morgan fingerprint density at radius 2 is 1.69 bits per heavy atom. The fourth-order valence-corrected chi connectivity index (χ4v) is 7.40. The fourth-order valence-electron chi connectivity index (χ4n) is 2.91. The zero-order valence-electron chi connectivity index (χ0n) is 14.8. The summed E-state index contributed by atoms with van der Waals surface area (Å²) in [5.74, 6) is 0.436. The molecule has 2 atom stereocenters. The molecule has 2 aromatic carbocycles. The Kier molecular flexibility index (Phi) is 5.62. The SMILES string of the molecule is CC1C(=O)CC[S+]1c1ccc(OS(=O)(=O)NS(=O)(=O)C(F)(F)F)c2ccccc12. The molecule has 1 aliphatic rings. The molecule has 29 heavy (non-hydrogen) atoms. The Hall–Kier alpha value is -1.83. The van der Waals surface area contributed by atoms with Gasteiger partial charge in [0.25, 0.3) is 0 Å². The number of fused-ring (bicyclic) bond motifs is 1. The van der Waals surface area contributed by atoms with Crippen LogP contribution in [-0.4, -0.2) is 39.1 Å². The molecule has 0 spiro atoms. The molecule has 0 saturated carbocycles. The summed E-state index contributed by atoms with van der Waals surface area (Å²) in [5.41, 5.74) is -5.82. The molecule has 0 bridgehead atoms. The highest BCUT2D eigenvalue weighted by Crippen LogP contribution is 2.37. The predicted molar refractivity (Wildman–Crippen MR) is 101 cm³/mol. The number of hydrogen-bond acceptors (Lipinski definition) is 6. The predicted octanol–water partition coefficient (Wildman–Crippen LogP) is 2.24. The molecule has 3 rings (SSSR count). The zero-order valence-corrected chi connectivity index (χ0v) is 17.2. The van der Waals surface area contributed by atoms with Gasteiger partial charge in [0.05, 0.1) is 6.42 Å². The van der Waals surface area contributed by atoms with Gasteiger partial charge in [-0.25, -0.2) is 8.42 Å². The fraction of sp³-hybridized carbons (Fsp3) is 0.312. The summed E-state index contributed by atoms with van der Waals surface area (Å²) in [7, 11) is -11.9. The maximum Gasteiger partial charge on any atom is 0.512 e. The van der Waals surface area contributed by atoms with Crippen molar-refractivity contribution in [1.29, 1.82) is 0 Å². The van der Waals surface area contributed by atoms with Crippen molar-refractivity contribution in [3.63, 3.8) is 0 Å². The van der Waals surface area contributed by atoms with E-state index in [0.29, 0.717) is 21.7 Å². The summed E-state index contributed by atoms with van der Waals surface area (Å²) in [6.07, 6.45) is 0.435. The Morgan fingerprint density at radius 1 is 1.07 bits per heavy atom. The van der Waals surface area contributed by atoms with Crippen LogP contribution in [0.25, 0.3) is 10.8 Å². The van der Waals surface area contributed by atoms with Gasteiger partial charge in [0.15, 0.2) is 21.7 Å². The van der Waals surface area contributed by atoms with Gasteiger partial charge < -0.3 is 4.18 Å². The zero-order chi connectivity index (χ0) is 21.6. The van der Waals surface area contributed by atoms with Gasteiger partial charge in [0.1, 0.15) is 5.75 Å².